The van der Waals surface area contributed by atoms with Gasteiger partial charge in [0.2, 0.25) is 0 Å². The average molecular weight is 345 g/mol. The first-order chi connectivity index (χ1) is 11.8. The van der Waals surface area contributed by atoms with E-state index in [0.717, 1.165) is 4.90 Å². The van der Waals surface area contributed by atoms with Crippen LogP contribution >= 0.6 is 0 Å². The number of nitro groups is 1. The molecular formula is C17H19N3O5. The Bertz CT molecular complexity index is 761. The number of amides is 2. The normalized spacial score (nSPS) is 24.3. The van der Waals surface area contributed by atoms with Gasteiger partial charge in [-0.05, 0) is 31.5 Å². The van der Waals surface area contributed by atoms with Crippen LogP contribution in [0.1, 0.15) is 19.4 Å². The minimum absolute atomic E-state index is 0.0651. The van der Waals surface area contributed by atoms with Crippen LogP contribution in [0, 0.1) is 10.1 Å². The van der Waals surface area contributed by atoms with Gasteiger partial charge in [-0.15, -0.1) is 0 Å². The molecule has 2 unspecified atom stereocenters. The lowest BCUT2D eigenvalue weighted by Gasteiger charge is -2.37. The lowest BCUT2D eigenvalue weighted by atomic mass is 10.0. The van der Waals surface area contributed by atoms with E-state index < -0.39 is 10.8 Å². The minimum Gasteiger partial charge on any atom is -0.372 e. The number of benzene rings is 1. The lowest BCUT2D eigenvalue weighted by molar-refractivity contribution is -0.384. The number of nitro benzene ring substituents is 1. The number of morpholine rings is 1. The number of carbonyl (C=O) groups is 2. The van der Waals surface area contributed by atoms with Gasteiger partial charge in [0.15, 0.2) is 0 Å². The third-order valence-corrected chi connectivity index (χ3v) is 4.37. The number of hydrogen-bond donors (Lipinski definition) is 0. The summed E-state index contributed by atoms with van der Waals surface area (Å²) in [7, 11) is 1.44. The molecule has 0 saturated carbocycles. The summed E-state index contributed by atoms with van der Waals surface area (Å²) in [6.45, 7) is 4.84. The van der Waals surface area contributed by atoms with E-state index in [0.29, 0.717) is 24.4 Å². The molecule has 2 amide bonds. The van der Waals surface area contributed by atoms with Gasteiger partial charge in [0.25, 0.3) is 17.5 Å². The first kappa shape index (κ1) is 17.1. The maximum atomic E-state index is 12.6. The van der Waals surface area contributed by atoms with Gasteiger partial charge in [0.1, 0.15) is 5.70 Å². The number of imide groups is 1. The maximum Gasteiger partial charge on any atom is 0.277 e. The Balaban J connectivity index is 2.07. The van der Waals surface area contributed by atoms with E-state index in [4.69, 9.17) is 4.74 Å². The molecule has 8 nitrogen and oxygen atoms in total. The molecule has 2 aliphatic rings. The smallest absolute Gasteiger partial charge is 0.277 e. The molecule has 0 N–H and O–H groups in total. The highest BCUT2D eigenvalue weighted by molar-refractivity contribution is 6.35. The number of nitrogens with zero attached hydrogens (tertiary/aromatic N) is 3. The molecule has 0 radical (unpaired) electrons. The molecular weight excluding hydrogens is 326 g/mol. The monoisotopic (exact) mass is 345 g/mol. The molecule has 0 spiro atoms. The molecule has 3 rings (SSSR count). The Hall–Kier alpha value is -2.74. The van der Waals surface area contributed by atoms with Crippen LogP contribution in [0.5, 0.6) is 0 Å². The van der Waals surface area contributed by atoms with Gasteiger partial charge >= 0.3 is 0 Å². The van der Waals surface area contributed by atoms with Gasteiger partial charge in [0, 0.05) is 32.3 Å². The molecule has 0 bridgehead atoms. The van der Waals surface area contributed by atoms with Gasteiger partial charge in [-0.1, -0.05) is 0 Å². The highest BCUT2D eigenvalue weighted by Crippen LogP contribution is 2.33. The van der Waals surface area contributed by atoms with Crippen LogP contribution in [0.4, 0.5) is 5.69 Å². The molecule has 1 aromatic rings. The fourth-order valence-electron chi connectivity index (χ4n) is 3.29. The van der Waals surface area contributed by atoms with Crippen LogP contribution in [-0.4, -0.2) is 58.9 Å². The van der Waals surface area contributed by atoms with Crippen molar-refractivity contribution in [2.24, 2.45) is 0 Å². The lowest BCUT2D eigenvalue weighted by Crippen LogP contribution is -2.46. The summed E-state index contributed by atoms with van der Waals surface area (Å²) in [5.74, 6) is -0.764. The molecule has 0 aliphatic carbocycles. The van der Waals surface area contributed by atoms with E-state index in [9.17, 15) is 19.7 Å². The van der Waals surface area contributed by atoms with Crippen LogP contribution < -0.4 is 0 Å². The van der Waals surface area contributed by atoms with Crippen molar-refractivity contribution < 1.29 is 19.2 Å². The van der Waals surface area contributed by atoms with E-state index in [1.807, 2.05) is 18.7 Å². The summed E-state index contributed by atoms with van der Waals surface area (Å²) in [5, 5.41) is 10.8. The van der Waals surface area contributed by atoms with Crippen LogP contribution in [-0.2, 0) is 14.3 Å². The second kappa shape index (κ2) is 6.29. The number of rotatable bonds is 3. The predicted octanol–water partition coefficient (Wildman–Crippen LogP) is 1.41. The second-order valence-electron chi connectivity index (χ2n) is 6.36. The van der Waals surface area contributed by atoms with Gasteiger partial charge in [-0.2, -0.15) is 0 Å². The zero-order chi connectivity index (χ0) is 18.3. The largest absolute Gasteiger partial charge is 0.372 e. The van der Waals surface area contributed by atoms with E-state index >= 15 is 0 Å². The number of likely N-dealkylation sites (N-methyl/N-ethyl adjacent to an activating group) is 1. The maximum absolute atomic E-state index is 12.6. The topological polar surface area (TPSA) is 93.0 Å². The minimum atomic E-state index is -0.502. The van der Waals surface area contributed by atoms with Crippen LogP contribution in [0.25, 0.3) is 5.57 Å². The predicted molar refractivity (Wildman–Crippen MR) is 89.4 cm³/mol. The average Bonchev–Trinajstić information content (AvgIpc) is 2.78. The molecule has 0 aromatic heterocycles. The van der Waals surface area contributed by atoms with Crippen LogP contribution in [0.15, 0.2) is 30.0 Å². The Morgan fingerprint density at radius 3 is 2.16 bits per heavy atom. The number of carbonyl (C=O) groups excluding carboxylic acids is 2. The van der Waals surface area contributed by atoms with Crippen molar-refractivity contribution in [3.05, 3.63) is 45.6 Å². The fourth-order valence-corrected chi connectivity index (χ4v) is 3.29. The van der Waals surface area contributed by atoms with Gasteiger partial charge in [0.05, 0.1) is 22.7 Å². The molecule has 132 valence electrons. The Morgan fingerprint density at radius 2 is 1.64 bits per heavy atom. The van der Waals surface area contributed by atoms with Gasteiger partial charge in [-0.3, -0.25) is 24.6 Å². The quantitative estimate of drug-likeness (QED) is 0.467. The first-order valence-corrected chi connectivity index (χ1v) is 8.01. The van der Waals surface area contributed by atoms with Crippen molar-refractivity contribution in [3.8, 4) is 0 Å². The fraction of sp³-hybridized carbons (Fsp3) is 0.412. The van der Waals surface area contributed by atoms with Crippen molar-refractivity contribution in [2.75, 3.05) is 20.1 Å². The molecule has 1 aromatic carbocycles. The summed E-state index contributed by atoms with van der Waals surface area (Å²) in [4.78, 5) is 38.5. The van der Waals surface area contributed by atoms with Crippen molar-refractivity contribution >= 4 is 23.1 Å². The summed E-state index contributed by atoms with van der Waals surface area (Å²) in [6, 6.07) is 5.68. The van der Waals surface area contributed by atoms with Crippen LogP contribution in [0.2, 0.25) is 0 Å². The number of hydrogen-bond acceptors (Lipinski definition) is 6. The van der Waals surface area contributed by atoms with Crippen molar-refractivity contribution in [2.45, 2.75) is 26.1 Å². The summed E-state index contributed by atoms with van der Waals surface area (Å²) in [5.41, 5.74) is 1.05. The van der Waals surface area contributed by atoms with Gasteiger partial charge < -0.3 is 9.64 Å². The standard InChI is InChI=1S/C17H19N3O5/c1-10-8-19(9-11(2)25-10)15-14(16(21)18(3)17(15)22)12-4-6-13(7-5-12)20(23)24/h4-7,10-11H,8-9H2,1-3H3. The molecule has 2 aliphatic heterocycles. The van der Waals surface area contributed by atoms with E-state index in [1.54, 1.807) is 0 Å². The molecule has 8 heteroatoms. The van der Waals surface area contributed by atoms with Crippen molar-refractivity contribution in [3.63, 3.8) is 0 Å². The summed E-state index contributed by atoms with van der Waals surface area (Å²) < 4.78 is 5.70. The Kier molecular flexibility index (Phi) is 4.30. The van der Waals surface area contributed by atoms with E-state index in [1.165, 1.54) is 31.3 Å². The van der Waals surface area contributed by atoms with E-state index in [2.05, 4.69) is 0 Å². The zero-order valence-corrected chi connectivity index (χ0v) is 14.3. The highest BCUT2D eigenvalue weighted by Gasteiger charge is 2.41. The summed E-state index contributed by atoms with van der Waals surface area (Å²) in [6.07, 6.45) is -0.133. The second-order valence-corrected chi connectivity index (χ2v) is 6.36. The molecule has 25 heavy (non-hydrogen) atoms. The van der Waals surface area contributed by atoms with E-state index in [-0.39, 0.29) is 29.4 Å². The number of ether oxygens (including phenoxy) is 1. The summed E-state index contributed by atoms with van der Waals surface area (Å²) >= 11 is 0. The molecule has 2 atom stereocenters. The SMILES string of the molecule is CC1CN(C2=C(c3ccc([N+](=O)[O-])cc3)C(=O)N(C)C2=O)CC(C)O1. The molecule has 2 heterocycles. The van der Waals surface area contributed by atoms with Crippen molar-refractivity contribution in [1.29, 1.82) is 0 Å². The molecule has 1 fully saturated rings. The van der Waals surface area contributed by atoms with Gasteiger partial charge in [-0.25, -0.2) is 0 Å². The third-order valence-electron chi connectivity index (χ3n) is 4.37. The van der Waals surface area contributed by atoms with Crippen molar-refractivity contribution in [1.82, 2.24) is 9.80 Å². The Morgan fingerprint density at radius 1 is 1.08 bits per heavy atom. The number of non-ortho nitro benzene ring substituents is 1. The zero-order valence-electron chi connectivity index (χ0n) is 14.3. The third kappa shape index (κ3) is 3.00. The van der Waals surface area contributed by atoms with Crippen LogP contribution in [0.3, 0.4) is 0 Å². The highest BCUT2D eigenvalue weighted by atomic mass is 16.6. The molecule has 1 saturated heterocycles. The Labute approximate surface area is 144 Å². The first-order valence-electron chi connectivity index (χ1n) is 8.01.